The fraction of sp³-hybridized carbons (Fsp3) is 0.727. The van der Waals surface area contributed by atoms with Crippen molar-refractivity contribution in [2.45, 2.75) is 26.3 Å². The van der Waals surface area contributed by atoms with E-state index in [1.807, 2.05) is 0 Å². The molecule has 0 unspecified atom stereocenters. The molecule has 0 saturated carbocycles. The molecule has 1 fully saturated rings. The van der Waals surface area contributed by atoms with Crippen molar-refractivity contribution in [1.82, 2.24) is 19.9 Å². The molecule has 5 nitrogen and oxygen atoms in total. The molecule has 1 atom stereocenters. The van der Waals surface area contributed by atoms with E-state index in [1.165, 1.54) is 25.9 Å². The monoisotopic (exact) mass is 222 g/mol. The Morgan fingerprint density at radius 2 is 2.50 bits per heavy atom. The Balaban J connectivity index is 1.84. The molecule has 0 bridgehead atoms. The maximum atomic E-state index is 10.5. The van der Waals surface area contributed by atoms with Crippen molar-refractivity contribution in [2.24, 2.45) is 5.92 Å². The summed E-state index contributed by atoms with van der Waals surface area (Å²) in [4.78, 5) is 13.0. The summed E-state index contributed by atoms with van der Waals surface area (Å²) in [6.07, 6.45) is 4.89. The van der Waals surface area contributed by atoms with Gasteiger partial charge in [0.05, 0.1) is 6.20 Å². The Morgan fingerprint density at radius 1 is 1.62 bits per heavy atom. The Labute approximate surface area is 95.4 Å². The van der Waals surface area contributed by atoms with Crippen molar-refractivity contribution in [3.05, 3.63) is 11.9 Å². The predicted molar refractivity (Wildman–Crippen MR) is 60.2 cm³/mol. The largest absolute Gasteiger partial charge is 0.303 e. The maximum absolute atomic E-state index is 10.5. The van der Waals surface area contributed by atoms with E-state index in [0.29, 0.717) is 11.6 Å². The van der Waals surface area contributed by atoms with Crippen LogP contribution in [-0.2, 0) is 6.54 Å². The molecule has 2 heterocycles. The highest BCUT2D eigenvalue weighted by molar-refractivity contribution is 5.70. The average molecular weight is 222 g/mol. The van der Waals surface area contributed by atoms with Crippen LogP contribution in [0.15, 0.2) is 6.20 Å². The molecule has 16 heavy (non-hydrogen) atoms. The van der Waals surface area contributed by atoms with Gasteiger partial charge in [-0.05, 0) is 31.8 Å². The van der Waals surface area contributed by atoms with Crippen molar-refractivity contribution in [2.75, 3.05) is 19.6 Å². The van der Waals surface area contributed by atoms with Crippen LogP contribution in [-0.4, -0.2) is 45.8 Å². The molecule has 1 aliphatic rings. The van der Waals surface area contributed by atoms with Crippen LogP contribution in [0, 0.1) is 5.92 Å². The lowest BCUT2D eigenvalue weighted by Gasteiger charge is -2.14. The molecule has 1 saturated heterocycles. The quantitative estimate of drug-likeness (QED) is 0.692. The number of likely N-dealkylation sites (tertiary alicyclic amines) is 1. The van der Waals surface area contributed by atoms with Gasteiger partial charge in [0, 0.05) is 13.1 Å². The zero-order valence-corrected chi connectivity index (χ0v) is 9.67. The second-order valence-corrected chi connectivity index (χ2v) is 4.44. The number of carbonyl (C=O) groups excluding carboxylic acids is 1. The first-order chi connectivity index (χ1) is 7.81. The van der Waals surface area contributed by atoms with E-state index >= 15 is 0 Å². The summed E-state index contributed by atoms with van der Waals surface area (Å²) >= 11 is 0. The van der Waals surface area contributed by atoms with Crippen LogP contribution in [0.25, 0.3) is 0 Å². The smallest absolute Gasteiger partial charge is 0.171 e. The summed E-state index contributed by atoms with van der Waals surface area (Å²) in [6.45, 7) is 6.60. The van der Waals surface area contributed by atoms with Crippen LogP contribution in [0.1, 0.15) is 30.3 Å². The maximum Gasteiger partial charge on any atom is 0.171 e. The van der Waals surface area contributed by atoms with E-state index in [2.05, 4.69) is 22.1 Å². The van der Waals surface area contributed by atoms with Crippen molar-refractivity contribution in [3.8, 4) is 0 Å². The first-order valence-electron chi connectivity index (χ1n) is 5.89. The average Bonchev–Trinajstić information content (AvgIpc) is 2.89. The summed E-state index contributed by atoms with van der Waals surface area (Å²) in [5.41, 5.74) is 0.420. The van der Waals surface area contributed by atoms with Crippen molar-refractivity contribution >= 4 is 6.29 Å². The summed E-state index contributed by atoms with van der Waals surface area (Å²) in [7, 11) is 0. The van der Waals surface area contributed by atoms with Crippen LogP contribution < -0.4 is 0 Å². The molecule has 0 aliphatic carbocycles. The van der Waals surface area contributed by atoms with Gasteiger partial charge in [-0.25, -0.2) is 0 Å². The summed E-state index contributed by atoms with van der Waals surface area (Å²) < 4.78 is 1.78. The highest BCUT2D eigenvalue weighted by atomic mass is 16.1. The SMILES string of the molecule is CCCN1CC[C@H](Cn2cc(C=O)nn2)C1. The molecule has 2 rings (SSSR count). The molecule has 1 aromatic heterocycles. The van der Waals surface area contributed by atoms with Gasteiger partial charge in [0.15, 0.2) is 6.29 Å². The molecule has 0 aromatic carbocycles. The van der Waals surface area contributed by atoms with Gasteiger partial charge in [-0.15, -0.1) is 5.10 Å². The van der Waals surface area contributed by atoms with Gasteiger partial charge in [0.2, 0.25) is 0 Å². The minimum atomic E-state index is 0.420. The highest BCUT2D eigenvalue weighted by Crippen LogP contribution is 2.17. The fourth-order valence-electron chi connectivity index (χ4n) is 2.30. The predicted octanol–water partition coefficient (Wildman–Crippen LogP) is 0.823. The minimum Gasteiger partial charge on any atom is -0.303 e. The van der Waals surface area contributed by atoms with Gasteiger partial charge in [0.1, 0.15) is 5.69 Å². The van der Waals surface area contributed by atoms with E-state index in [1.54, 1.807) is 10.9 Å². The highest BCUT2D eigenvalue weighted by Gasteiger charge is 2.22. The van der Waals surface area contributed by atoms with E-state index in [0.717, 1.165) is 19.4 Å². The third kappa shape index (κ3) is 2.66. The molecule has 1 aliphatic heterocycles. The van der Waals surface area contributed by atoms with E-state index in [4.69, 9.17) is 0 Å². The first-order valence-corrected chi connectivity index (χ1v) is 5.89. The summed E-state index contributed by atoms with van der Waals surface area (Å²) in [5, 5.41) is 7.70. The second kappa shape index (κ2) is 5.21. The number of aldehydes is 1. The summed E-state index contributed by atoms with van der Waals surface area (Å²) in [5.74, 6) is 0.646. The van der Waals surface area contributed by atoms with Crippen molar-refractivity contribution in [3.63, 3.8) is 0 Å². The van der Waals surface area contributed by atoms with Gasteiger partial charge < -0.3 is 4.90 Å². The molecule has 1 aromatic rings. The molecular weight excluding hydrogens is 204 g/mol. The van der Waals surface area contributed by atoms with Crippen LogP contribution in [0.3, 0.4) is 0 Å². The molecule has 0 spiro atoms. The van der Waals surface area contributed by atoms with Crippen LogP contribution in [0.2, 0.25) is 0 Å². The normalized spacial score (nSPS) is 21.4. The standard InChI is InChI=1S/C11H18N4O/c1-2-4-14-5-3-10(6-14)7-15-8-11(9-16)12-13-15/h8-10H,2-7H2,1H3/t10-/m0/s1. The lowest BCUT2D eigenvalue weighted by Crippen LogP contribution is -2.22. The Kier molecular flexibility index (Phi) is 3.66. The fourth-order valence-corrected chi connectivity index (χ4v) is 2.30. The number of carbonyl (C=O) groups is 1. The van der Waals surface area contributed by atoms with Crippen molar-refractivity contribution in [1.29, 1.82) is 0 Å². The van der Waals surface area contributed by atoms with Gasteiger partial charge >= 0.3 is 0 Å². The number of hydrogen-bond donors (Lipinski definition) is 0. The zero-order valence-electron chi connectivity index (χ0n) is 9.67. The van der Waals surface area contributed by atoms with Gasteiger partial charge in [0.25, 0.3) is 0 Å². The molecule has 5 heteroatoms. The van der Waals surface area contributed by atoms with Gasteiger partial charge in [-0.1, -0.05) is 12.1 Å². The van der Waals surface area contributed by atoms with Crippen LogP contribution in [0.4, 0.5) is 0 Å². The summed E-state index contributed by atoms with van der Waals surface area (Å²) in [6, 6.07) is 0. The molecule has 0 amide bonds. The Bertz CT molecular complexity index is 350. The van der Waals surface area contributed by atoms with E-state index in [9.17, 15) is 4.79 Å². The number of rotatable bonds is 5. The molecule has 88 valence electrons. The molecule has 0 N–H and O–H groups in total. The van der Waals surface area contributed by atoms with Crippen molar-refractivity contribution < 1.29 is 4.79 Å². The second-order valence-electron chi connectivity index (χ2n) is 4.44. The van der Waals surface area contributed by atoms with Gasteiger partial charge in [-0.2, -0.15) is 0 Å². The molecular formula is C11H18N4O. The Morgan fingerprint density at radius 3 is 3.19 bits per heavy atom. The molecule has 0 radical (unpaired) electrons. The lowest BCUT2D eigenvalue weighted by molar-refractivity contribution is 0.111. The zero-order chi connectivity index (χ0) is 11.4. The Hall–Kier alpha value is -1.23. The number of hydrogen-bond acceptors (Lipinski definition) is 4. The van der Waals surface area contributed by atoms with E-state index < -0.39 is 0 Å². The van der Waals surface area contributed by atoms with Crippen LogP contribution in [0.5, 0.6) is 0 Å². The first kappa shape index (κ1) is 11.3. The lowest BCUT2D eigenvalue weighted by atomic mass is 10.1. The van der Waals surface area contributed by atoms with Gasteiger partial charge in [-0.3, -0.25) is 9.48 Å². The number of nitrogens with zero attached hydrogens (tertiary/aromatic N) is 4. The van der Waals surface area contributed by atoms with E-state index in [-0.39, 0.29) is 0 Å². The third-order valence-electron chi connectivity index (χ3n) is 3.03. The topological polar surface area (TPSA) is 51.0 Å². The van der Waals surface area contributed by atoms with Crippen LogP contribution >= 0.6 is 0 Å². The third-order valence-corrected chi connectivity index (χ3v) is 3.03. The number of aromatic nitrogens is 3. The minimum absolute atomic E-state index is 0.420.